The van der Waals surface area contributed by atoms with Crippen LogP contribution in [0.15, 0.2) is 24.3 Å². The highest BCUT2D eigenvalue weighted by molar-refractivity contribution is 5.72. The molecule has 1 N–H and O–H groups in total. The van der Waals surface area contributed by atoms with Gasteiger partial charge in [0.05, 0.1) is 13.5 Å². The molecule has 0 amide bonds. The van der Waals surface area contributed by atoms with Gasteiger partial charge in [-0.1, -0.05) is 24.3 Å². The number of benzene rings is 1. The minimum absolute atomic E-state index is 0.221. The zero-order valence-electron chi connectivity index (χ0n) is 10.0. The fraction of sp³-hybridized carbons (Fsp3) is 0.357. The third kappa shape index (κ3) is 4.71. The molecular formula is C14H17NO2. The number of carbonyl (C=O) groups is 1. The van der Waals surface area contributed by atoms with Crippen LogP contribution in [-0.4, -0.2) is 19.6 Å². The van der Waals surface area contributed by atoms with Crippen molar-refractivity contribution < 1.29 is 9.53 Å². The van der Waals surface area contributed by atoms with Crippen LogP contribution in [0.1, 0.15) is 17.5 Å². The first-order valence-corrected chi connectivity index (χ1v) is 5.55. The standard InChI is InChI=1S/C14H17NO2/c1-3-4-9-15-11-13-8-6-5-7-12(13)10-14(16)17-2/h1,5-8,15H,4,9-11H2,2H3. The van der Waals surface area contributed by atoms with Crippen LogP contribution in [-0.2, 0) is 22.5 Å². The molecule has 0 aromatic heterocycles. The molecule has 0 unspecified atom stereocenters. The van der Waals surface area contributed by atoms with Crippen molar-refractivity contribution in [3.63, 3.8) is 0 Å². The van der Waals surface area contributed by atoms with E-state index in [2.05, 4.69) is 16.0 Å². The minimum atomic E-state index is -0.221. The van der Waals surface area contributed by atoms with Crippen molar-refractivity contribution in [2.45, 2.75) is 19.4 Å². The van der Waals surface area contributed by atoms with Gasteiger partial charge in [-0.3, -0.25) is 4.79 Å². The Morgan fingerprint density at radius 2 is 2.12 bits per heavy atom. The molecule has 0 radical (unpaired) electrons. The van der Waals surface area contributed by atoms with Crippen LogP contribution < -0.4 is 5.32 Å². The summed E-state index contributed by atoms with van der Waals surface area (Å²) < 4.78 is 4.67. The molecule has 0 aliphatic heterocycles. The van der Waals surface area contributed by atoms with Crippen LogP contribution in [0.3, 0.4) is 0 Å². The molecule has 1 aromatic rings. The zero-order chi connectivity index (χ0) is 12.5. The summed E-state index contributed by atoms with van der Waals surface area (Å²) in [6.07, 6.45) is 6.19. The summed E-state index contributed by atoms with van der Waals surface area (Å²) in [6, 6.07) is 7.82. The number of hydrogen-bond acceptors (Lipinski definition) is 3. The van der Waals surface area contributed by atoms with Gasteiger partial charge in [-0.05, 0) is 11.1 Å². The molecule has 0 atom stereocenters. The number of carbonyl (C=O) groups excluding carboxylic acids is 1. The lowest BCUT2D eigenvalue weighted by Gasteiger charge is -2.09. The van der Waals surface area contributed by atoms with Crippen molar-refractivity contribution in [2.75, 3.05) is 13.7 Å². The van der Waals surface area contributed by atoms with Gasteiger partial charge in [0.2, 0.25) is 0 Å². The molecule has 0 heterocycles. The van der Waals surface area contributed by atoms with E-state index in [1.54, 1.807) is 0 Å². The molecule has 0 saturated heterocycles. The highest BCUT2D eigenvalue weighted by Crippen LogP contribution is 2.09. The van der Waals surface area contributed by atoms with E-state index >= 15 is 0 Å². The van der Waals surface area contributed by atoms with E-state index in [0.717, 1.165) is 24.2 Å². The second kappa shape index (κ2) is 7.48. The van der Waals surface area contributed by atoms with Gasteiger partial charge in [0.25, 0.3) is 0 Å². The number of hydrogen-bond donors (Lipinski definition) is 1. The van der Waals surface area contributed by atoms with Crippen LogP contribution >= 0.6 is 0 Å². The second-order valence-corrected chi connectivity index (χ2v) is 3.65. The molecule has 0 bridgehead atoms. The van der Waals surface area contributed by atoms with Gasteiger partial charge in [0.1, 0.15) is 0 Å². The lowest BCUT2D eigenvalue weighted by Crippen LogP contribution is -2.16. The Morgan fingerprint density at radius 3 is 2.76 bits per heavy atom. The van der Waals surface area contributed by atoms with Gasteiger partial charge in [0.15, 0.2) is 0 Å². The van der Waals surface area contributed by atoms with Crippen molar-refractivity contribution in [1.29, 1.82) is 0 Å². The predicted octanol–water partition coefficient (Wildman–Crippen LogP) is 1.51. The van der Waals surface area contributed by atoms with Gasteiger partial charge >= 0.3 is 5.97 Å². The Morgan fingerprint density at radius 1 is 1.41 bits per heavy atom. The topological polar surface area (TPSA) is 38.3 Å². The number of esters is 1. The Labute approximate surface area is 102 Å². The van der Waals surface area contributed by atoms with Crippen molar-refractivity contribution >= 4 is 5.97 Å². The molecule has 0 aliphatic carbocycles. The Balaban J connectivity index is 2.58. The van der Waals surface area contributed by atoms with Crippen molar-refractivity contribution in [2.24, 2.45) is 0 Å². The number of nitrogens with one attached hydrogen (secondary N) is 1. The summed E-state index contributed by atoms with van der Waals surface area (Å²) in [7, 11) is 1.40. The SMILES string of the molecule is C#CCCNCc1ccccc1CC(=O)OC. The van der Waals surface area contributed by atoms with Gasteiger partial charge in [-0.25, -0.2) is 0 Å². The van der Waals surface area contributed by atoms with Gasteiger partial charge in [-0.2, -0.15) is 0 Å². The summed E-state index contributed by atoms with van der Waals surface area (Å²) in [5, 5.41) is 3.24. The maximum absolute atomic E-state index is 11.2. The fourth-order valence-electron chi connectivity index (χ4n) is 1.51. The van der Waals surface area contributed by atoms with E-state index in [1.165, 1.54) is 7.11 Å². The molecule has 1 aromatic carbocycles. The summed E-state index contributed by atoms with van der Waals surface area (Å²) in [6.45, 7) is 1.50. The van der Waals surface area contributed by atoms with E-state index < -0.39 is 0 Å². The summed E-state index contributed by atoms with van der Waals surface area (Å²) in [4.78, 5) is 11.2. The quantitative estimate of drug-likeness (QED) is 0.458. The van der Waals surface area contributed by atoms with Crippen LogP contribution in [0.4, 0.5) is 0 Å². The number of rotatable bonds is 6. The van der Waals surface area contributed by atoms with Gasteiger partial charge in [0, 0.05) is 19.5 Å². The normalized spacial score (nSPS) is 9.65. The summed E-state index contributed by atoms with van der Waals surface area (Å²) in [5.74, 6) is 2.35. The third-order valence-corrected chi connectivity index (χ3v) is 2.44. The molecule has 0 saturated carbocycles. The molecule has 0 fully saturated rings. The monoisotopic (exact) mass is 231 g/mol. The highest BCUT2D eigenvalue weighted by atomic mass is 16.5. The van der Waals surface area contributed by atoms with Gasteiger partial charge in [-0.15, -0.1) is 12.3 Å². The smallest absolute Gasteiger partial charge is 0.309 e. The van der Waals surface area contributed by atoms with Crippen molar-refractivity contribution in [1.82, 2.24) is 5.32 Å². The molecule has 0 spiro atoms. The van der Waals surface area contributed by atoms with E-state index in [9.17, 15) is 4.79 Å². The lowest BCUT2D eigenvalue weighted by molar-refractivity contribution is -0.139. The lowest BCUT2D eigenvalue weighted by atomic mass is 10.0. The molecule has 0 aliphatic rings. The van der Waals surface area contributed by atoms with E-state index in [-0.39, 0.29) is 5.97 Å². The number of ether oxygens (including phenoxy) is 1. The van der Waals surface area contributed by atoms with Crippen molar-refractivity contribution in [3.8, 4) is 12.3 Å². The second-order valence-electron chi connectivity index (χ2n) is 3.65. The average molecular weight is 231 g/mol. The Kier molecular flexibility index (Phi) is 5.84. The summed E-state index contributed by atoms with van der Waals surface area (Å²) in [5.41, 5.74) is 2.10. The zero-order valence-corrected chi connectivity index (χ0v) is 10.0. The van der Waals surface area contributed by atoms with Crippen LogP contribution in [0, 0.1) is 12.3 Å². The number of methoxy groups -OCH3 is 1. The molecule has 17 heavy (non-hydrogen) atoms. The van der Waals surface area contributed by atoms with Crippen LogP contribution in [0.2, 0.25) is 0 Å². The van der Waals surface area contributed by atoms with E-state index in [1.807, 2.05) is 24.3 Å². The molecule has 3 heteroatoms. The van der Waals surface area contributed by atoms with Crippen LogP contribution in [0.25, 0.3) is 0 Å². The van der Waals surface area contributed by atoms with E-state index in [0.29, 0.717) is 12.8 Å². The molecule has 1 rings (SSSR count). The first-order valence-electron chi connectivity index (χ1n) is 5.55. The fourth-order valence-corrected chi connectivity index (χ4v) is 1.51. The average Bonchev–Trinajstić information content (AvgIpc) is 2.36. The largest absolute Gasteiger partial charge is 0.469 e. The first-order chi connectivity index (χ1) is 8.27. The predicted molar refractivity (Wildman–Crippen MR) is 67.3 cm³/mol. The Bertz CT molecular complexity index is 407. The van der Waals surface area contributed by atoms with Crippen LogP contribution in [0.5, 0.6) is 0 Å². The minimum Gasteiger partial charge on any atom is -0.469 e. The van der Waals surface area contributed by atoms with Gasteiger partial charge < -0.3 is 10.1 Å². The maximum Gasteiger partial charge on any atom is 0.309 e. The Hall–Kier alpha value is -1.79. The molecular weight excluding hydrogens is 214 g/mol. The summed E-state index contributed by atoms with van der Waals surface area (Å²) >= 11 is 0. The molecule has 90 valence electrons. The third-order valence-electron chi connectivity index (χ3n) is 2.44. The van der Waals surface area contributed by atoms with E-state index in [4.69, 9.17) is 6.42 Å². The first kappa shape index (κ1) is 13.3. The highest BCUT2D eigenvalue weighted by Gasteiger charge is 2.06. The molecule has 3 nitrogen and oxygen atoms in total. The van der Waals surface area contributed by atoms with Crippen molar-refractivity contribution in [3.05, 3.63) is 35.4 Å². The number of terminal acetylenes is 1. The maximum atomic E-state index is 11.2.